The van der Waals surface area contributed by atoms with E-state index in [-0.39, 0.29) is 5.82 Å². The third-order valence-corrected chi connectivity index (χ3v) is 1.99. The molecule has 1 aromatic rings. The molecule has 13 heavy (non-hydrogen) atoms. The van der Waals surface area contributed by atoms with Crippen molar-refractivity contribution in [2.45, 2.75) is 20.3 Å². The van der Waals surface area contributed by atoms with Gasteiger partial charge in [-0.25, -0.2) is 4.39 Å². The van der Waals surface area contributed by atoms with E-state index in [1.807, 2.05) is 6.08 Å². The number of hydrogen-bond acceptors (Lipinski definition) is 1. The summed E-state index contributed by atoms with van der Waals surface area (Å²) in [6.45, 7) is 4.27. The van der Waals surface area contributed by atoms with Gasteiger partial charge in [0.05, 0.1) is 11.9 Å². The molecule has 0 N–H and O–H groups in total. The van der Waals surface area contributed by atoms with Crippen LogP contribution in [0, 0.1) is 11.7 Å². The zero-order valence-corrected chi connectivity index (χ0v) is 8.00. The molecule has 0 spiro atoms. The van der Waals surface area contributed by atoms with Crippen molar-refractivity contribution >= 4 is 6.08 Å². The average Bonchev–Trinajstić information content (AvgIpc) is 2.16. The average molecular weight is 179 g/mol. The lowest BCUT2D eigenvalue weighted by Gasteiger charge is -1.98. The molecule has 0 aliphatic heterocycles. The molecule has 0 bridgehead atoms. The number of hydrogen-bond donors (Lipinski definition) is 0. The Morgan fingerprint density at radius 2 is 2.31 bits per heavy atom. The first kappa shape index (κ1) is 9.90. The van der Waals surface area contributed by atoms with E-state index < -0.39 is 0 Å². The van der Waals surface area contributed by atoms with Gasteiger partial charge in [-0.1, -0.05) is 26.3 Å². The normalized spacial score (nSPS) is 13.5. The van der Waals surface area contributed by atoms with Crippen LogP contribution in [0.2, 0.25) is 0 Å². The highest BCUT2D eigenvalue weighted by Gasteiger charge is 1.93. The summed E-state index contributed by atoms with van der Waals surface area (Å²) in [5.41, 5.74) is 0.807. The molecule has 0 saturated heterocycles. The number of aromatic nitrogens is 1. The predicted octanol–water partition coefficient (Wildman–Crippen LogP) is 3.28. The predicted molar refractivity (Wildman–Crippen MR) is 52.7 cm³/mol. The molecule has 0 aliphatic carbocycles. The van der Waals surface area contributed by atoms with E-state index in [4.69, 9.17) is 0 Å². The Morgan fingerprint density at radius 3 is 2.85 bits per heavy atom. The van der Waals surface area contributed by atoms with E-state index in [0.29, 0.717) is 5.92 Å². The molecule has 1 heterocycles. The van der Waals surface area contributed by atoms with Crippen molar-refractivity contribution < 1.29 is 4.39 Å². The zero-order valence-electron chi connectivity index (χ0n) is 8.00. The molecule has 0 aliphatic rings. The summed E-state index contributed by atoms with van der Waals surface area (Å²) < 4.78 is 12.5. The molecule has 70 valence electrons. The van der Waals surface area contributed by atoms with E-state index in [0.717, 1.165) is 12.1 Å². The van der Waals surface area contributed by atoms with Gasteiger partial charge in [0.2, 0.25) is 0 Å². The Labute approximate surface area is 78.3 Å². The van der Waals surface area contributed by atoms with Crippen LogP contribution in [0.15, 0.2) is 24.4 Å². The van der Waals surface area contributed by atoms with E-state index in [9.17, 15) is 4.39 Å². The van der Waals surface area contributed by atoms with Crippen LogP contribution in [0.1, 0.15) is 26.0 Å². The Balaban J connectivity index is 2.64. The van der Waals surface area contributed by atoms with E-state index in [2.05, 4.69) is 24.9 Å². The SMILES string of the molecule is CCC(C)/C=C/c1ccc(F)cn1. The van der Waals surface area contributed by atoms with Gasteiger partial charge >= 0.3 is 0 Å². The number of allylic oxidation sites excluding steroid dienone is 1. The van der Waals surface area contributed by atoms with Crippen LogP contribution in [-0.2, 0) is 0 Å². The Hall–Kier alpha value is -1.18. The van der Waals surface area contributed by atoms with Crippen molar-refractivity contribution in [3.63, 3.8) is 0 Å². The second-order valence-corrected chi connectivity index (χ2v) is 3.15. The van der Waals surface area contributed by atoms with Crippen LogP contribution < -0.4 is 0 Å². The molecule has 1 atom stereocenters. The molecule has 1 aromatic heterocycles. The van der Waals surface area contributed by atoms with Gasteiger partial charge in [0.25, 0.3) is 0 Å². The zero-order chi connectivity index (χ0) is 9.68. The molecule has 0 fully saturated rings. The molecular weight excluding hydrogens is 165 g/mol. The summed E-state index contributed by atoms with van der Waals surface area (Å²) in [4.78, 5) is 3.92. The van der Waals surface area contributed by atoms with Crippen LogP contribution in [-0.4, -0.2) is 4.98 Å². The highest BCUT2D eigenvalue weighted by molar-refractivity contribution is 5.44. The van der Waals surface area contributed by atoms with Crippen molar-refractivity contribution in [1.29, 1.82) is 0 Å². The molecule has 0 radical (unpaired) electrons. The van der Waals surface area contributed by atoms with Crippen LogP contribution in [0.4, 0.5) is 4.39 Å². The highest BCUT2D eigenvalue weighted by atomic mass is 19.1. The molecule has 1 rings (SSSR count). The van der Waals surface area contributed by atoms with Crippen LogP contribution in [0.5, 0.6) is 0 Å². The van der Waals surface area contributed by atoms with E-state index >= 15 is 0 Å². The van der Waals surface area contributed by atoms with Gasteiger partial charge < -0.3 is 0 Å². The topological polar surface area (TPSA) is 12.9 Å². The van der Waals surface area contributed by atoms with Gasteiger partial charge in [0.15, 0.2) is 0 Å². The fourth-order valence-electron chi connectivity index (χ4n) is 0.885. The van der Waals surface area contributed by atoms with Gasteiger partial charge in [-0.2, -0.15) is 0 Å². The summed E-state index contributed by atoms with van der Waals surface area (Å²) in [7, 11) is 0. The number of nitrogens with zero attached hydrogens (tertiary/aromatic N) is 1. The summed E-state index contributed by atoms with van der Waals surface area (Å²) in [5, 5.41) is 0. The smallest absolute Gasteiger partial charge is 0.141 e. The first-order valence-corrected chi connectivity index (χ1v) is 4.52. The minimum atomic E-state index is -0.291. The molecule has 0 aromatic carbocycles. The van der Waals surface area contributed by atoms with Gasteiger partial charge in [0, 0.05) is 0 Å². The summed E-state index contributed by atoms with van der Waals surface area (Å²) in [6.07, 6.45) is 6.35. The fourth-order valence-corrected chi connectivity index (χ4v) is 0.885. The second kappa shape index (κ2) is 4.75. The Bertz CT molecular complexity index is 277. The Kier molecular flexibility index (Phi) is 3.62. The lowest BCUT2D eigenvalue weighted by molar-refractivity contribution is 0.621. The van der Waals surface area contributed by atoms with Crippen molar-refractivity contribution in [3.05, 3.63) is 35.9 Å². The van der Waals surface area contributed by atoms with Gasteiger partial charge in [-0.05, 0) is 24.1 Å². The van der Waals surface area contributed by atoms with Crippen molar-refractivity contribution in [1.82, 2.24) is 4.98 Å². The third kappa shape index (κ3) is 3.36. The summed E-state index contributed by atoms with van der Waals surface area (Å²) >= 11 is 0. The summed E-state index contributed by atoms with van der Waals surface area (Å²) in [5.74, 6) is 0.257. The monoisotopic (exact) mass is 179 g/mol. The lowest BCUT2D eigenvalue weighted by Crippen LogP contribution is -1.86. The van der Waals surface area contributed by atoms with Gasteiger partial charge in [0.1, 0.15) is 5.82 Å². The van der Waals surface area contributed by atoms with E-state index in [1.54, 1.807) is 6.07 Å². The molecule has 0 amide bonds. The van der Waals surface area contributed by atoms with Crippen LogP contribution in [0.3, 0.4) is 0 Å². The minimum Gasteiger partial charge on any atom is -0.254 e. The number of halogens is 1. The maximum Gasteiger partial charge on any atom is 0.141 e. The quantitative estimate of drug-likeness (QED) is 0.693. The van der Waals surface area contributed by atoms with E-state index in [1.165, 1.54) is 12.3 Å². The number of pyridine rings is 1. The molecule has 2 heteroatoms. The van der Waals surface area contributed by atoms with Gasteiger partial charge in [-0.15, -0.1) is 0 Å². The Morgan fingerprint density at radius 1 is 1.54 bits per heavy atom. The fraction of sp³-hybridized carbons (Fsp3) is 0.364. The largest absolute Gasteiger partial charge is 0.254 e. The van der Waals surface area contributed by atoms with Crippen molar-refractivity contribution in [2.24, 2.45) is 5.92 Å². The maximum atomic E-state index is 12.5. The first-order chi connectivity index (χ1) is 6.22. The molecule has 0 saturated carbocycles. The van der Waals surface area contributed by atoms with Crippen LogP contribution in [0.25, 0.3) is 6.08 Å². The van der Waals surface area contributed by atoms with Crippen LogP contribution >= 0.6 is 0 Å². The highest BCUT2D eigenvalue weighted by Crippen LogP contribution is 2.06. The van der Waals surface area contributed by atoms with Crippen molar-refractivity contribution in [3.8, 4) is 0 Å². The molecular formula is C11H14FN. The second-order valence-electron chi connectivity index (χ2n) is 3.15. The minimum absolute atomic E-state index is 0.291. The lowest BCUT2D eigenvalue weighted by atomic mass is 10.1. The summed E-state index contributed by atoms with van der Waals surface area (Å²) in [6, 6.07) is 3.09. The van der Waals surface area contributed by atoms with Gasteiger partial charge in [-0.3, -0.25) is 4.98 Å². The first-order valence-electron chi connectivity index (χ1n) is 4.52. The molecule has 1 unspecified atom stereocenters. The third-order valence-electron chi connectivity index (χ3n) is 1.99. The van der Waals surface area contributed by atoms with Crippen molar-refractivity contribution in [2.75, 3.05) is 0 Å². The maximum absolute atomic E-state index is 12.5. The standard InChI is InChI=1S/C11H14FN/c1-3-9(2)4-6-11-7-5-10(12)8-13-11/h4-9H,3H2,1-2H3/b6-4+. The molecule has 1 nitrogen and oxygen atoms in total. The number of rotatable bonds is 3.